The second kappa shape index (κ2) is 8.99. The van der Waals surface area contributed by atoms with Crippen LogP contribution in [0.25, 0.3) is 6.08 Å². The molecule has 0 amide bonds. The van der Waals surface area contributed by atoms with Crippen molar-refractivity contribution in [1.29, 1.82) is 0 Å². The molecule has 34 heavy (non-hydrogen) atoms. The van der Waals surface area contributed by atoms with E-state index in [0.29, 0.717) is 29.0 Å². The van der Waals surface area contributed by atoms with Crippen LogP contribution in [0.2, 0.25) is 0 Å². The summed E-state index contributed by atoms with van der Waals surface area (Å²) in [4.78, 5) is 28.1. The van der Waals surface area contributed by atoms with Gasteiger partial charge in [0.1, 0.15) is 11.5 Å². The Balaban J connectivity index is 1.34. The van der Waals surface area contributed by atoms with Gasteiger partial charge in [-0.25, -0.2) is 0 Å². The van der Waals surface area contributed by atoms with Crippen LogP contribution in [0.15, 0.2) is 72.5 Å². The summed E-state index contributed by atoms with van der Waals surface area (Å²) in [6.45, 7) is 3.79. The zero-order chi connectivity index (χ0) is 23.7. The molecule has 2 aliphatic heterocycles. The van der Waals surface area contributed by atoms with Gasteiger partial charge in [0.25, 0.3) is 5.69 Å². The molecule has 5 rings (SSSR count). The lowest BCUT2D eigenvalue weighted by Crippen LogP contribution is -2.46. The number of rotatable bonds is 5. The van der Waals surface area contributed by atoms with Crippen molar-refractivity contribution in [1.82, 2.24) is 4.90 Å². The van der Waals surface area contributed by atoms with E-state index in [2.05, 4.69) is 21.9 Å². The molecular formula is C26H23N3O5. The minimum absolute atomic E-state index is 0.0645. The van der Waals surface area contributed by atoms with Gasteiger partial charge in [-0.1, -0.05) is 30.3 Å². The van der Waals surface area contributed by atoms with E-state index in [1.807, 2.05) is 18.2 Å². The Morgan fingerprint density at radius 1 is 1.00 bits per heavy atom. The standard InChI is InChI=1S/C26H23N3O5/c30-23-10-9-21-25(31)24(16-18-5-4-8-20(15-18)29(32)33)34-26(21)22(23)17-27-11-13-28(14-12-27)19-6-2-1-3-7-19/h1-10,15-16,30H,11-14,17H2/b24-16-. The first-order valence-electron chi connectivity index (χ1n) is 11.1. The number of aromatic hydroxyl groups is 1. The number of benzene rings is 3. The van der Waals surface area contributed by atoms with Gasteiger partial charge in [-0.2, -0.15) is 0 Å². The van der Waals surface area contributed by atoms with E-state index < -0.39 is 4.92 Å². The maximum absolute atomic E-state index is 12.9. The molecule has 2 aliphatic rings. The van der Waals surface area contributed by atoms with Crippen molar-refractivity contribution in [3.63, 3.8) is 0 Å². The van der Waals surface area contributed by atoms with Crippen molar-refractivity contribution in [2.75, 3.05) is 31.1 Å². The third-order valence-electron chi connectivity index (χ3n) is 6.17. The maximum atomic E-state index is 12.9. The van der Waals surface area contributed by atoms with Crippen molar-refractivity contribution in [3.05, 3.63) is 99.3 Å². The lowest BCUT2D eigenvalue weighted by atomic mass is 10.0. The molecule has 8 heteroatoms. The average Bonchev–Trinajstić information content (AvgIpc) is 3.17. The fourth-order valence-corrected chi connectivity index (χ4v) is 4.36. The summed E-state index contributed by atoms with van der Waals surface area (Å²) >= 11 is 0. The third-order valence-corrected chi connectivity index (χ3v) is 6.17. The summed E-state index contributed by atoms with van der Waals surface area (Å²) in [5.74, 6) is 0.203. The average molecular weight is 457 g/mol. The molecule has 172 valence electrons. The van der Waals surface area contributed by atoms with Gasteiger partial charge in [0.05, 0.1) is 16.1 Å². The lowest BCUT2D eigenvalue weighted by Gasteiger charge is -2.36. The van der Waals surface area contributed by atoms with E-state index in [1.54, 1.807) is 18.2 Å². The number of ketones is 1. The number of non-ortho nitro benzene ring substituents is 1. The predicted molar refractivity (Wildman–Crippen MR) is 128 cm³/mol. The third kappa shape index (κ3) is 4.23. The fourth-order valence-electron chi connectivity index (χ4n) is 4.36. The number of hydrogen-bond donors (Lipinski definition) is 1. The molecule has 1 saturated heterocycles. The van der Waals surface area contributed by atoms with Crippen molar-refractivity contribution >= 4 is 23.2 Å². The number of ether oxygens (including phenoxy) is 1. The number of para-hydroxylation sites is 1. The Bertz CT molecular complexity index is 1280. The summed E-state index contributed by atoms with van der Waals surface area (Å²) in [5, 5.41) is 21.6. The quantitative estimate of drug-likeness (QED) is 0.348. The van der Waals surface area contributed by atoms with Gasteiger partial charge in [-0.3, -0.25) is 19.8 Å². The van der Waals surface area contributed by atoms with Crippen LogP contribution >= 0.6 is 0 Å². The second-order valence-electron chi connectivity index (χ2n) is 8.33. The van der Waals surface area contributed by atoms with Crippen molar-refractivity contribution in [3.8, 4) is 11.5 Å². The highest BCUT2D eigenvalue weighted by Crippen LogP contribution is 2.40. The Morgan fingerprint density at radius 2 is 1.76 bits per heavy atom. The largest absolute Gasteiger partial charge is 0.507 e. The summed E-state index contributed by atoms with van der Waals surface area (Å²) in [6, 6.07) is 19.3. The van der Waals surface area contributed by atoms with E-state index in [-0.39, 0.29) is 23.0 Å². The number of piperazine rings is 1. The number of allylic oxidation sites excluding steroid dienone is 1. The molecule has 0 aromatic heterocycles. The van der Waals surface area contributed by atoms with Gasteiger partial charge in [0.15, 0.2) is 5.76 Å². The molecule has 3 aromatic rings. The molecular weight excluding hydrogens is 434 g/mol. The summed E-state index contributed by atoms with van der Waals surface area (Å²) < 4.78 is 5.91. The molecule has 0 unspecified atom stereocenters. The first-order chi connectivity index (χ1) is 16.5. The molecule has 3 aromatic carbocycles. The number of phenols is 1. The zero-order valence-corrected chi connectivity index (χ0v) is 18.4. The van der Waals surface area contributed by atoms with Crippen molar-refractivity contribution in [2.24, 2.45) is 0 Å². The van der Waals surface area contributed by atoms with Crippen LogP contribution in [0.3, 0.4) is 0 Å². The number of hydrogen-bond acceptors (Lipinski definition) is 7. The van der Waals surface area contributed by atoms with Crippen LogP contribution in [-0.4, -0.2) is 46.9 Å². The molecule has 2 heterocycles. The van der Waals surface area contributed by atoms with Crippen LogP contribution in [0.1, 0.15) is 21.5 Å². The number of nitro benzene ring substituents is 1. The Labute approximate surface area is 196 Å². The number of phenolic OH excluding ortho intramolecular Hbond substituents is 1. The number of anilines is 1. The normalized spacial score (nSPS) is 17.0. The van der Waals surface area contributed by atoms with Crippen molar-refractivity contribution < 1.29 is 19.6 Å². The van der Waals surface area contributed by atoms with Gasteiger partial charge >= 0.3 is 0 Å². The molecule has 0 spiro atoms. The minimum atomic E-state index is -0.484. The molecule has 0 aliphatic carbocycles. The Hall–Kier alpha value is -4.17. The second-order valence-corrected chi connectivity index (χ2v) is 8.33. The molecule has 1 N–H and O–H groups in total. The van der Waals surface area contributed by atoms with Crippen LogP contribution < -0.4 is 9.64 Å². The van der Waals surface area contributed by atoms with E-state index in [0.717, 1.165) is 26.2 Å². The highest BCUT2D eigenvalue weighted by atomic mass is 16.6. The summed E-state index contributed by atoms with van der Waals surface area (Å²) in [5.41, 5.74) is 2.57. The monoisotopic (exact) mass is 457 g/mol. The predicted octanol–water partition coefficient (Wildman–Crippen LogP) is 4.24. The van der Waals surface area contributed by atoms with E-state index in [1.165, 1.54) is 30.0 Å². The number of carbonyl (C=O) groups excluding carboxylic acids is 1. The number of Topliss-reactive ketones (excluding diaryl/α,β-unsaturated/α-hetero) is 1. The van der Waals surface area contributed by atoms with Gasteiger partial charge in [0.2, 0.25) is 5.78 Å². The first-order valence-corrected chi connectivity index (χ1v) is 11.1. The first kappa shape index (κ1) is 21.7. The Morgan fingerprint density at radius 3 is 2.50 bits per heavy atom. The molecule has 1 fully saturated rings. The number of nitrogens with zero attached hydrogens (tertiary/aromatic N) is 3. The van der Waals surface area contributed by atoms with Gasteiger partial charge in [0, 0.05) is 50.5 Å². The van der Waals surface area contributed by atoms with Crippen molar-refractivity contribution in [2.45, 2.75) is 6.54 Å². The molecule has 0 radical (unpaired) electrons. The van der Waals surface area contributed by atoms with E-state index in [4.69, 9.17) is 4.74 Å². The Kier molecular flexibility index (Phi) is 5.73. The number of fused-ring (bicyclic) bond motifs is 1. The van der Waals surface area contributed by atoms with Gasteiger partial charge < -0.3 is 14.7 Å². The lowest BCUT2D eigenvalue weighted by molar-refractivity contribution is -0.384. The smallest absolute Gasteiger partial charge is 0.270 e. The van der Waals surface area contributed by atoms with Crippen LogP contribution in [0.5, 0.6) is 11.5 Å². The highest BCUT2D eigenvalue weighted by Gasteiger charge is 2.32. The highest BCUT2D eigenvalue weighted by molar-refractivity contribution is 6.15. The van der Waals surface area contributed by atoms with Crippen LogP contribution in [0, 0.1) is 10.1 Å². The molecule has 0 saturated carbocycles. The van der Waals surface area contributed by atoms with Gasteiger partial charge in [-0.05, 0) is 35.9 Å². The maximum Gasteiger partial charge on any atom is 0.270 e. The topological polar surface area (TPSA) is 96.1 Å². The molecule has 8 nitrogen and oxygen atoms in total. The van der Waals surface area contributed by atoms with Crippen LogP contribution in [0.4, 0.5) is 11.4 Å². The molecule has 0 atom stereocenters. The minimum Gasteiger partial charge on any atom is -0.507 e. The number of carbonyl (C=O) groups is 1. The summed E-state index contributed by atoms with van der Waals surface area (Å²) in [7, 11) is 0. The summed E-state index contributed by atoms with van der Waals surface area (Å²) in [6.07, 6.45) is 1.49. The molecule has 0 bridgehead atoms. The van der Waals surface area contributed by atoms with Gasteiger partial charge in [-0.15, -0.1) is 0 Å². The fraction of sp³-hybridized carbons (Fsp3) is 0.192. The van der Waals surface area contributed by atoms with Crippen LogP contribution in [-0.2, 0) is 6.54 Å². The SMILES string of the molecule is O=C1/C(=C/c2cccc([N+](=O)[O-])c2)Oc2c1ccc(O)c2CN1CCN(c2ccccc2)CC1. The van der Waals surface area contributed by atoms with E-state index in [9.17, 15) is 20.0 Å². The number of nitro groups is 1. The van der Waals surface area contributed by atoms with E-state index >= 15 is 0 Å². The zero-order valence-electron chi connectivity index (χ0n) is 18.4.